The van der Waals surface area contributed by atoms with Crippen LogP contribution in [0.15, 0.2) is 41.6 Å². The van der Waals surface area contributed by atoms with E-state index in [-0.39, 0.29) is 4.90 Å². The van der Waals surface area contributed by atoms with Gasteiger partial charge in [-0.2, -0.15) is 5.10 Å². The van der Waals surface area contributed by atoms with E-state index in [0.717, 1.165) is 5.69 Å². The Morgan fingerprint density at radius 3 is 2.39 bits per heavy atom. The van der Waals surface area contributed by atoms with Crippen molar-refractivity contribution in [3.8, 4) is 0 Å². The number of nitrogens with one attached hydrogen (secondary N) is 2. The minimum absolute atomic E-state index is 0.110. The lowest BCUT2D eigenvalue weighted by molar-refractivity contribution is 0.601. The summed E-state index contributed by atoms with van der Waals surface area (Å²) in [4.78, 5) is 2.05. The first kappa shape index (κ1) is 12.4. The zero-order valence-corrected chi connectivity index (χ0v) is 10.9. The predicted octanol–water partition coefficient (Wildman–Crippen LogP) is 1.28. The molecule has 1 aromatic carbocycles. The quantitative estimate of drug-likeness (QED) is 0.873. The van der Waals surface area contributed by atoms with Crippen molar-refractivity contribution in [1.29, 1.82) is 0 Å². The standard InChI is InChI=1S/C11H14N4O2S/c1-15(2)10-5-3-9(4-6-10)14-18(16,17)11-7-12-13-8-11/h3-8,14H,1-2H3,(H,12,13). The molecular formula is C11H14N4O2S. The molecule has 1 heterocycles. The Balaban J connectivity index is 2.20. The van der Waals surface area contributed by atoms with Gasteiger partial charge >= 0.3 is 0 Å². The average molecular weight is 266 g/mol. The Morgan fingerprint density at radius 2 is 1.89 bits per heavy atom. The van der Waals surface area contributed by atoms with E-state index in [9.17, 15) is 8.42 Å². The summed E-state index contributed by atoms with van der Waals surface area (Å²) in [7, 11) is 0.282. The van der Waals surface area contributed by atoms with Crippen molar-refractivity contribution in [2.24, 2.45) is 0 Å². The fraction of sp³-hybridized carbons (Fsp3) is 0.182. The molecule has 1 aromatic heterocycles. The van der Waals surface area contributed by atoms with Gasteiger partial charge in [-0.1, -0.05) is 0 Å². The Bertz CT molecular complexity index is 603. The number of benzene rings is 1. The molecule has 0 saturated carbocycles. The maximum Gasteiger partial charge on any atom is 0.265 e. The number of hydrogen-bond acceptors (Lipinski definition) is 4. The van der Waals surface area contributed by atoms with Gasteiger partial charge < -0.3 is 4.90 Å². The predicted molar refractivity (Wildman–Crippen MR) is 70.2 cm³/mol. The first-order valence-corrected chi connectivity index (χ1v) is 6.76. The zero-order chi connectivity index (χ0) is 13.2. The first-order valence-electron chi connectivity index (χ1n) is 5.28. The second kappa shape index (κ2) is 4.69. The van der Waals surface area contributed by atoms with Crippen molar-refractivity contribution in [3.05, 3.63) is 36.7 Å². The van der Waals surface area contributed by atoms with Gasteiger partial charge in [0.25, 0.3) is 10.0 Å². The molecular weight excluding hydrogens is 252 g/mol. The molecule has 96 valence electrons. The molecule has 0 radical (unpaired) electrons. The smallest absolute Gasteiger partial charge is 0.265 e. The normalized spacial score (nSPS) is 11.2. The van der Waals surface area contributed by atoms with Crippen LogP contribution >= 0.6 is 0 Å². The van der Waals surface area contributed by atoms with Crippen molar-refractivity contribution >= 4 is 21.4 Å². The molecule has 0 unspecified atom stereocenters. The summed E-state index contributed by atoms with van der Waals surface area (Å²) < 4.78 is 26.3. The highest BCUT2D eigenvalue weighted by Crippen LogP contribution is 2.18. The minimum atomic E-state index is -3.56. The van der Waals surface area contributed by atoms with E-state index in [2.05, 4.69) is 14.9 Å². The van der Waals surface area contributed by atoms with Gasteiger partial charge in [0.2, 0.25) is 0 Å². The molecule has 0 atom stereocenters. The summed E-state index contributed by atoms with van der Waals surface area (Å²) in [5.41, 5.74) is 1.52. The number of H-pyrrole nitrogens is 1. The number of aromatic amines is 1. The molecule has 2 rings (SSSR count). The summed E-state index contributed by atoms with van der Waals surface area (Å²) >= 11 is 0. The molecule has 0 aliphatic heterocycles. The van der Waals surface area contributed by atoms with Gasteiger partial charge in [0.1, 0.15) is 4.90 Å². The summed E-state index contributed by atoms with van der Waals surface area (Å²) in [6.45, 7) is 0. The second-order valence-corrected chi connectivity index (χ2v) is 5.66. The van der Waals surface area contributed by atoms with Gasteiger partial charge in [-0.3, -0.25) is 9.82 Å². The van der Waals surface area contributed by atoms with Gasteiger partial charge in [0.05, 0.1) is 6.20 Å². The largest absolute Gasteiger partial charge is 0.378 e. The number of aromatic nitrogens is 2. The van der Waals surface area contributed by atoms with E-state index in [0.29, 0.717) is 5.69 Å². The SMILES string of the molecule is CN(C)c1ccc(NS(=O)(=O)c2cn[nH]c2)cc1. The van der Waals surface area contributed by atoms with Crippen molar-refractivity contribution in [1.82, 2.24) is 10.2 Å². The molecule has 2 N–H and O–H groups in total. The van der Waals surface area contributed by atoms with Crippen LogP contribution in [0.3, 0.4) is 0 Å². The fourth-order valence-electron chi connectivity index (χ4n) is 1.43. The highest BCUT2D eigenvalue weighted by atomic mass is 32.2. The van der Waals surface area contributed by atoms with Gasteiger partial charge in [0, 0.05) is 31.7 Å². The monoisotopic (exact) mass is 266 g/mol. The number of rotatable bonds is 4. The molecule has 0 aliphatic carbocycles. The number of hydrogen-bond donors (Lipinski definition) is 2. The zero-order valence-electron chi connectivity index (χ0n) is 10.1. The minimum Gasteiger partial charge on any atom is -0.378 e. The molecule has 0 spiro atoms. The molecule has 0 bridgehead atoms. The van der Waals surface area contributed by atoms with E-state index in [1.54, 1.807) is 12.1 Å². The Labute approximate surface area is 106 Å². The van der Waals surface area contributed by atoms with Crippen LogP contribution in [0.2, 0.25) is 0 Å². The maximum absolute atomic E-state index is 11.9. The third kappa shape index (κ3) is 2.62. The van der Waals surface area contributed by atoms with E-state index in [1.807, 2.05) is 31.1 Å². The van der Waals surface area contributed by atoms with Gasteiger partial charge in [-0.05, 0) is 24.3 Å². The van der Waals surface area contributed by atoms with Crippen LogP contribution in [0, 0.1) is 0 Å². The van der Waals surface area contributed by atoms with Gasteiger partial charge in [-0.15, -0.1) is 0 Å². The Morgan fingerprint density at radius 1 is 1.22 bits per heavy atom. The van der Waals surface area contributed by atoms with E-state index in [1.165, 1.54) is 12.4 Å². The van der Waals surface area contributed by atoms with Crippen LogP contribution in [0.4, 0.5) is 11.4 Å². The maximum atomic E-state index is 11.9. The number of nitrogens with zero attached hydrogens (tertiary/aromatic N) is 2. The molecule has 0 aliphatic rings. The van der Waals surface area contributed by atoms with E-state index in [4.69, 9.17) is 0 Å². The Hall–Kier alpha value is -2.02. The number of sulfonamides is 1. The van der Waals surface area contributed by atoms with Crippen molar-refractivity contribution in [2.45, 2.75) is 4.90 Å². The Kier molecular flexibility index (Phi) is 3.24. The third-order valence-electron chi connectivity index (χ3n) is 2.42. The third-order valence-corrected chi connectivity index (χ3v) is 3.77. The topological polar surface area (TPSA) is 78.1 Å². The van der Waals surface area contributed by atoms with E-state index < -0.39 is 10.0 Å². The van der Waals surface area contributed by atoms with Crippen LogP contribution in [0.25, 0.3) is 0 Å². The summed E-state index contributed by atoms with van der Waals surface area (Å²) in [5, 5.41) is 6.09. The van der Waals surface area contributed by atoms with Crippen molar-refractivity contribution in [2.75, 3.05) is 23.7 Å². The lowest BCUT2D eigenvalue weighted by atomic mass is 10.3. The molecule has 6 nitrogen and oxygen atoms in total. The first-order chi connectivity index (χ1) is 8.49. The molecule has 0 amide bonds. The number of anilines is 2. The summed E-state index contributed by atoms with van der Waals surface area (Å²) in [5.74, 6) is 0. The fourth-order valence-corrected chi connectivity index (χ4v) is 2.39. The molecule has 0 fully saturated rings. The molecule has 0 saturated heterocycles. The van der Waals surface area contributed by atoms with E-state index >= 15 is 0 Å². The van der Waals surface area contributed by atoms with Gasteiger partial charge in [-0.25, -0.2) is 8.42 Å². The lowest BCUT2D eigenvalue weighted by Crippen LogP contribution is -2.12. The van der Waals surface area contributed by atoms with Crippen LogP contribution in [-0.2, 0) is 10.0 Å². The average Bonchev–Trinajstić information content (AvgIpc) is 2.83. The lowest BCUT2D eigenvalue weighted by Gasteiger charge is -2.13. The van der Waals surface area contributed by atoms with Crippen LogP contribution < -0.4 is 9.62 Å². The summed E-state index contributed by atoms with van der Waals surface area (Å²) in [6, 6.07) is 7.11. The summed E-state index contributed by atoms with van der Waals surface area (Å²) in [6.07, 6.45) is 2.59. The van der Waals surface area contributed by atoms with Crippen molar-refractivity contribution in [3.63, 3.8) is 0 Å². The molecule has 7 heteroatoms. The van der Waals surface area contributed by atoms with Crippen LogP contribution in [-0.4, -0.2) is 32.7 Å². The molecule has 2 aromatic rings. The van der Waals surface area contributed by atoms with Crippen LogP contribution in [0.5, 0.6) is 0 Å². The van der Waals surface area contributed by atoms with Crippen molar-refractivity contribution < 1.29 is 8.42 Å². The highest BCUT2D eigenvalue weighted by molar-refractivity contribution is 7.92. The second-order valence-electron chi connectivity index (χ2n) is 3.98. The molecule has 18 heavy (non-hydrogen) atoms. The van der Waals surface area contributed by atoms with Crippen LogP contribution in [0.1, 0.15) is 0 Å². The highest BCUT2D eigenvalue weighted by Gasteiger charge is 2.14. The van der Waals surface area contributed by atoms with Gasteiger partial charge in [0.15, 0.2) is 0 Å².